The second-order valence-electron chi connectivity index (χ2n) is 4.53. The fourth-order valence-corrected chi connectivity index (χ4v) is 1.79. The molecular formula is C16H20N2O. The summed E-state index contributed by atoms with van der Waals surface area (Å²) >= 11 is 0. The molecular weight excluding hydrogens is 236 g/mol. The van der Waals surface area contributed by atoms with Gasteiger partial charge in [0.15, 0.2) is 0 Å². The van der Waals surface area contributed by atoms with Crippen LogP contribution in [0.1, 0.15) is 24.5 Å². The summed E-state index contributed by atoms with van der Waals surface area (Å²) in [7, 11) is 0. The number of nitrogens with zero attached hydrogens (tertiary/aromatic N) is 1. The first kappa shape index (κ1) is 13.4. The first-order valence-electron chi connectivity index (χ1n) is 6.67. The fourth-order valence-electron chi connectivity index (χ4n) is 1.79. The molecule has 100 valence electrons. The number of rotatable bonds is 6. The van der Waals surface area contributed by atoms with E-state index in [0.717, 1.165) is 35.7 Å². The van der Waals surface area contributed by atoms with Crippen molar-refractivity contribution in [3.63, 3.8) is 0 Å². The highest BCUT2D eigenvalue weighted by Gasteiger charge is 2.00. The molecule has 2 aromatic rings. The fraction of sp³-hybridized carbons (Fsp3) is 0.312. The zero-order valence-corrected chi connectivity index (χ0v) is 11.5. The van der Waals surface area contributed by atoms with Gasteiger partial charge in [0.25, 0.3) is 0 Å². The smallest absolute Gasteiger partial charge is 0.126 e. The highest BCUT2D eigenvalue weighted by atomic mass is 16.5. The van der Waals surface area contributed by atoms with Gasteiger partial charge in [0.2, 0.25) is 0 Å². The summed E-state index contributed by atoms with van der Waals surface area (Å²) in [6.45, 7) is 5.69. The molecule has 1 aromatic heterocycles. The molecule has 0 atom stereocenters. The Morgan fingerprint density at radius 2 is 2.05 bits per heavy atom. The SMILES string of the molecule is CCCNc1cc(COc2ccccc2C)ccn1. The van der Waals surface area contributed by atoms with Crippen molar-refractivity contribution in [1.29, 1.82) is 0 Å². The Balaban J connectivity index is 1.98. The van der Waals surface area contributed by atoms with Crippen LogP contribution in [-0.4, -0.2) is 11.5 Å². The van der Waals surface area contributed by atoms with E-state index < -0.39 is 0 Å². The van der Waals surface area contributed by atoms with Gasteiger partial charge in [-0.05, 0) is 42.7 Å². The lowest BCUT2D eigenvalue weighted by Gasteiger charge is -2.10. The number of nitrogens with one attached hydrogen (secondary N) is 1. The molecule has 0 unspecified atom stereocenters. The molecule has 0 aliphatic carbocycles. The molecule has 2 rings (SSSR count). The zero-order chi connectivity index (χ0) is 13.5. The van der Waals surface area contributed by atoms with E-state index in [-0.39, 0.29) is 0 Å². The van der Waals surface area contributed by atoms with Crippen LogP contribution in [0.2, 0.25) is 0 Å². The lowest BCUT2D eigenvalue weighted by Crippen LogP contribution is -2.03. The highest BCUT2D eigenvalue weighted by Crippen LogP contribution is 2.18. The van der Waals surface area contributed by atoms with E-state index in [4.69, 9.17) is 4.74 Å². The molecule has 0 bridgehead atoms. The molecule has 19 heavy (non-hydrogen) atoms. The minimum absolute atomic E-state index is 0.564. The van der Waals surface area contributed by atoms with Crippen LogP contribution in [0.5, 0.6) is 5.75 Å². The molecule has 1 heterocycles. The van der Waals surface area contributed by atoms with E-state index in [1.54, 1.807) is 0 Å². The van der Waals surface area contributed by atoms with Crippen molar-refractivity contribution in [2.75, 3.05) is 11.9 Å². The van der Waals surface area contributed by atoms with Gasteiger partial charge in [-0.2, -0.15) is 0 Å². The quantitative estimate of drug-likeness (QED) is 0.853. The minimum atomic E-state index is 0.564. The predicted molar refractivity (Wildman–Crippen MR) is 78.5 cm³/mol. The maximum absolute atomic E-state index is 5.83. The van der Waals surface area contributed by atoms with Crippen LogP contribution in [0, 0.1) is 6.92 Å². The Bertz CT molecular complexity index is 526. The number of para-hydroxylation sites is 1. The third-order valence-electron chi connectivity index (χ3n) is 2.87. The minimum Gasteiger partial charge on any atom is -0.489 e. The van der Waals surface area contributed by atoms with Crippen LogP contribution in [0.4, 0.5) is 5.82 Å². The number of aryl methyl sites for hydroxylation is 1. The molecule has 1 N–H and O–H groups in total. The summed E-state index contributed by atoms with van der Waals surface area (Å²) in [6.07, 6.45) is 2.90. The topological polar surface area (TPSA) is 34.1 Å². The summed E-state index contributed by atoms with van der Waals surface area (Å²) in [4.78, 5) is 4.28. The van der Waals surface area contributed by atoms with Crippen LogP contribution < -0.4 is 10.1 Å². The summed E-state index contributed by atoms with van der Waals surface area (Å²) in [5, 5.41) is 3.28. The number of ether oxygens (including phenoxy) is 1. The lowest BCUT2D eigenvalue weighted by molar-refractivity contribution is 0.304. The molecule has 0 saturated heterocycles. The van der Waals surface area contributed by atoms with Crippen molar-refractivity contribution in [1.82, 2.24) is 4.98 Å². The van der Waals surface area contributed by atoms with Crippen LogP contribution in [-0.2, 0) is 6.61 Å². The summed E-state index contributed by atoms with van der Waals surface area (Å²) in [5.74, 6) is 1.84. The molecule has 0 fully saturated rings. The van der Waals surface area contributed by atoms with Crippen molar-refractivity contribution in [3.8, 4) is 5.75 Å². The van der Waals surface area contributed by atoms with Gasteiger partial charge < -0.3 is 10.1 Å². The first-order chi connectivity index (χ1) is 9.29. The van der Waals surface area contributed by atoms with E-state index in [0.29, 0.717) is 6.61 Å². The molecule has 3 nitrogen and oxygen atoms in total. The Kier molecular flexibility index (Phi) is 4.78. The van der Waals surface area contributed by atoms with E-state index >= 15 is 0 Å². The van der Waals surface area contributed by atoms with Gasteiger partial charge in [0, 0.05) is 12.7 Å². The number of pyridine rings is 1. The largest absolute Gasteiger partial charge is 0.489 e. The maximum Gasteiger partial charge on any atom is 0.126 e. The van der Waals surface area contributed by atoms with Crippen molar-refractivity contribution < 1.29 is 4.74 Å². The molecule has 0 amide bonds. The summed E-state index contributed by atoms with van der Waals surface area (Å²) in [5.41, 5.74) is 2.28. The average Bonchev–Trinajstić information content (AvgIpc) is 2.45. The van der Waals surface area contributed by atoms with Gasteiger partial charge in [-0.3, -0.25) is 0 Å². The molecule has 0 radical (unpaired) electrons. The average molecular weight is 256 g/mol. The second-order valence-corrected chi connectivity index (χ2v) is 4.53. The number of anilines is 1. The Morgan fingerprint density at radius 3 is 2.84 bits per heavy atom. The first-order valence-corrected chi connectivity index (χ1v) is 6.67. The van der Waals surface area contributed by atoms with Gasteiger partial charge in [-0.25, -0.2) is 4.98 Å². The van der Waals surface area contributed by atoms with Crippen LogP contribution in [0.3, 0.4) is 0 Å². The molecule has 0 saturated carbocycles. The van der Waals surface area contributed by atoms with E-state index in [1.165, 1.54) is 0 Å². The van der Waals surface area contributed by atoms with Crippen molar-refractivity contribution in [2.45, 2.75) is 26.9 Å². The van der Waals surface area contributed by atoms with Gasteiger partial charge >= 0.3 is 0 Å². The molecule has 0 aliphatic rings. The number of hydrogen-bond donors (Lipinski definition) is 1. The number of hydrogen-bond acceptors (Lipinski definition) is 3. The molecule has 0 aliphatic heterocycles. The summed E-state index contributed by atoms with van der Waals surface area (Å²) in [6, 6.07) is 12.1. The summed E-state index contributed by atoms with van der Waals surface area (Å²) < 4.78 is 5.83. The van der Waals surface area contributed by atoms with E-state index in [9.17, 15) is 0 Å². The lowest BCUT2D eigenvalue weighted by atomic mass is 10.2. The van der Waals surface area contributed by atoms with Gasteiger partial charge in [0.05, 0.1) is 0 Å². The van der Waals surface area contributed by atoms with Gasteiger partial charge in [-0.1, -0.05) is 25.1 Å². The Morgan fingerprint density at radius 1 is 1.21 bits per heavy atom. The van der Waals surface area contributed by atoms with Crippen LogP contribution >= 0.6 is 0 Å². The molecule has 3 heteroatoms. The number of benzene rings is 1. The van der Waals surface area contributed by atoms with E-state index in [1.807, 2.05) is 36.5 Å². The third kappa shape index (κ3) is 3.98. The predicted octanol–water partition coefficient (Wildman–Crippen LogP) is 3.79. The van der Waals surface area contributed by atoms with Crippen LogP contribution in [0.15, 0.2) is 42.6 Å². The molecule has 0 spiro atoms. The van der Waals surface area contributed by atoms with Gasteiger partial charge in [-0.15, -0.1) is 0 Å². The highest BCUT2D eigenvalue weighted by molar-refractivity contribution is 5.38. The monoisotopic (exact) mass is 256 g/mol. The Labute approximate surface area is 114 Å². The Hall–Kier alpha value is -2.03. The normalized spacial score (nSPS) is 10.2. The van der Waals surface area contributed by atoms with Crippen molar-refractivity contribution >= 4 is 5.82 Å². The molecule has 1 aromatic carbocycles. The van der Waals surface area contributed by atoms with Crippen LogP contribution in [0.25, 0.3) is 0 Å². The maximum atomic E-state index is 5.83. The standard InChI is InChI=1S/C16H20N2O/c1-3-9-17-16-11-14(8-10-18-16)12-19-15-7-5-4-6-13(15)2/h4-8,10-11H,3,9,12H2,1-2H3,(H,17,18). The number of aromatic nitrogens is 1. The van der Waals surface area contributed by atoms with E-state index in [2.05, 4.69) is 30.2 Å². The second kappa shape index (κ2) is 6.78. The zero-order valence-electron chi connectivity index (χ0n) is 11.5. The van der Waals surface area contributed by atoms with Crippen molar-refractivity contribution in [3.05, 3.63) is 53.7 Å². The van der Waals surface area contributed by atoms with Crippen molar-refractivity contribution in [2.24, 2.45) is 0 Å². The van der Waals surface area contributed by atoms with Gasteiger partial charge in [0.1, 0.15) is 18.2 Å². The third-order valence-corrected chi connectivity index (χ3v) is 2.87.